The fraction of sp³-hybridized carbons (Fsp3) is 0.952. The van der Waals surface area contributed by atoms with Crippen molar-refractivity contribution in [3.8, 4) is 0 Å². The fourth-order valence-corrected chi connectivity index (χ4v) is 8.73. The Morgan fingerprint density at radius 2 is 1.93 bits per heavy atom. The molecular weight excluding hydrogens is 357 g/mol. The van der Waals surface area contributed by atoms with Crippen molar-refractivity contribution in [1.82, 2.24) is 9.57 Å². The van der Waals surface area contributed by atoms with Gasteiger partial charge in [-0.05, 0) is 69.2 Å². The van der Waals surface area contributed by atoms with Crippen molar-refractivity contribution in [2.24, 2.45) is 28.4 Å². The van der Waals surface area contributed by atoms with Gasteiger partial charge in [-0.15, -0.1) is 0 Å². The van der Waals surface area contributed by atoms with Crippen molar-refractivity contribution < 1.29 is 9.53 Å². The Morgan fingerprint density at radius 3 is 2.56 bits per heavy atom. The molecule has 1 aliphatic carbocycles. The van der Waals surface area contributed by atoms with Gasteiger partial charge in [0.05, 0.1) is 7.11 Å². The predicted molar refractivity (Wildman–Crippen MR) is 113 cm³/mol. The number of piperidine rings is 1. The zero-order valence-corrected chi connectivity index (χ0v) is 19.1. The minimum Gasteiger partial charge on any atom is -0.453 e. The molecule has 2 heterocycles. The van der Waals surface area contributed by atoms with Crippen LogP contribution in [0.1, 0.15) is 53.4 Å². The van der Waals surface area contributed by atoms with E-state index in [1.807, 2.05) is 4.90 Å². The zero-order valence-electron chi connectivity index (χ0n) is 18.2. The van der Waals surface area contributed by atoms with Crippen LogP contribution in [-0.4, -0.2) is 67.3 Å². The van der Waals surface area contributed by atoms with Crippen molar-refractivity contribution >= 4 is 14.2 Å². The summed E-state index contributed by atoms with van der Waals surface area (Å²) in [7, 11) is 1.34. The van der Waals surface area contributed by atoms with Crippen LogP contribution in [0.15, 0.2) is 0 Å². The van der Waals surface area contributed by atoms with E-state index in [9.17, 15) is 4.79 Å². The number of rotatable bonds is 1. The molecule has 0 bridgehead atoms. The van der Waals surface area contributed by atoms with Crippen LogP contribution >= 0.6 is 8.07 Å². The monoisotopic (exact) mass is 397 g/mol. The second kappa shape index (κ2) is 7.80. The SMILES string of the molecule is COC(=O)N1CC(C)CC2(CC(N3CCC(N)CP3C)C(C)(C)CC2C)C1. The first kappa shape index (κ1) is 21.3. The molecule has 1 saturated carbocycles. The molecule has 1 spiro atoms. The molecule has 6 atom stereocenters. The van der Waals surface area contributed by atoms with E-state index < -0.39 is 0 Å². The Morgan fingerprint density at radius 1 is 1.22 bits per heavy atom. The Balaban J connectivity index is 1.87. The number of nitrogens with zero attached hydrogens (tertiary/aromatic N) is 2. The molecule has 3 rings (SSSR count). The van der Waals surface area contributed by atoms with Crippen LogP contribution < -0.4 is 5.73 Å². The van der Waals surface area contributed by atoms with E-state index in [1.54, 1.807) is 0 Å². The summed E-state index contributed by atoms with van der Waals surface area (Å²) in [5.74, 6) is 1.15. The molecule has 0 aromatic carbocycles. The second-order valence-corrected chi connectivity index (χ2v) is 12.6. The highest BCUT2D eigenvalue weighted by atomic mass is 31.1. The fourth-order valence-electron chi connectivity index (χ4n) is 6.33. The number of hydrogen-bond acceptors (Lipinski definition) is 4. The van der Waals surface area contributed by atoms with Gasteiger partial charge >= 0.3 is 6.09 Å². The standard InChI is InChI=1S/C21H40N3O2P/c1-15-9-21(14-23(12-15)19(25)26-5)11-18(20(3,4)10-16(21)2)24-8-7-17(22)13-27(24)6/h15-18H,7-14,22H2,1-6H3. The van der Waals surface area contributed by atoms with E-state index in [-0.39, 0.29) is 19.6 Å². The smallest absolute Gasteiger partial charge is 0.409 e. The number of carbonyl (C=O) groups is 1. The van der Waals surface area contributed by atoms with Gasteiger partial charge in [0.15, 0.2) is 0 Å². The molecule has 156 valence electrons. The molecular formula is C21H40N3O2P. The zero-order chi connectivity index (χ0) is 20.0. The van der Waals surface area contributed by atoms with Crippen molar-refractivity contribution in [2.75, 3.05) is 39.6 Å². The lowest BCUT2D eigenvalue weighted by Crippen LogP contribution is -2.60. The Labute approximate surface area is 167 Å². The molecule has 3 fully saturated rings. The normalized spacial score (nSPS) is 42.9. The summed E-state index contributed by atoms with van der Waals surface area (Å²) in [6, 6.07) is 0.962. The highest BCUT2D eigenvalue weighted by Gasteiger charge is 2.54. The molecule has 0 radical (unpaired) electrons. The number of ether oxygens (including phenoxy) is 1. The van der Waals surface area contributed by atoms with Gasteiger partial charge in [-0.2, -0.15) is 0 Å². The Bertz CT molecular complexity index is 558. The van der Waals surface area contributed by atoms with Gasteiger partial charge in [-0.3, -0.25) is 4.67 Å². The van der Waals surface area contributed by atoms with Crippen molar-refractivity contribution in [3.05, 3.63) is 0 Å². The topological polar surface area (TPSA) is 58.8 Å². The van der Waals surface area contributed by atoms with Gasteiger partial charge in [0.2, 0.25) is 0 Å². The van der Waals surface area contributed by atoms with Gasteiger partial charge < -0.3 is 15.4 Å². The van der Waals surface area contributed by atoms with Crippen LogP contribution in [0, 0.1) is 22.7 Å². The lowest BCUT2D eigenvalue weighted by atomic mass is 9.54. The quantitative estimate of drug-likeness (QED) is 0.680. The van der Waals surface area contributed by atoms with E-state index in [1.165, 1.54) is 26.4 Å². The van der Waals surface area contributed by atoms with Gasteiger partial charge in [0.25, 0.3) is 0 Å². The third-order valence-electron chi connectivity index (χ3n) is 7.63. The number of hydrogen-bond donors (Lipinski definition) is 1. The van der Waals surface area contributed by atoms with Crippen LogP contribution in [0.4, 0.5) is 4.79 Å². The van der Waals surface area contributed by atoms with Crippen LogP contribution in [0.2, 0.25) is 0 Å². The summed E-state index contributed by atoms with van der Waals surface area (Å²) in [5.41, 5.74) is 6.77. The maximum absolute atomic E-state index is 12.3. The molecule has 0 aromatic heterocycles. The lowest BCUT2D eigenvalue weighted by Gasteiger charge is -2.60. The first-order chi connectivity index (χ1) is 12.6. The molecule has 2 saturated heterocycles. The first-order valence-corrected chi connectivity index (χ1v) is 12.6. The molecule has 2 aliphatic heterocycles. The molecule has 6 unspecified atom stereocenters. The van der Waals surface area contributed by atoms with Gasteiger partial charge in [0, 0.05) is 31.7 Å². The van der Waals surface area contributed by atoms with Gasteiger partial charge in [0.1, 0.15) is 0 Å². The summed E-state index contributed by atoms with van der Waals surface area (Å²) >= 11 is 0. The van der Waals surface area contributed by atoms with Crippen LogP contribution in [0.5, 0.6) is 0 Å². The summed E-state index contributed by atoms with van der Waals surface area (Å²) in [5, 5.41) is 0. The van der Waals surface area contributed by atoms with E-state index >= 15 is 0 Å². The Hall–Kier alpha value is -0.380. The summed E-state index contributed by atoms with van der Waals surface area (Å²) < 4.78 is 7.90. The minimum absolute atomic E-state index is 0.156. The molecule has 5 nitrogen and oxygen atoms in total. The number of carbonyl (C=O) groups excluding carboxylic acids is 1. The second-order valence-electron chi connectivity index (χ2n) is 10.4. The first-order valence-electron chi connectivity index (χ1n) is 10.6. The molecule has 3 aliphatic rings. The molecule has 27 heavy (non-hydrogen) atoms. The average Bonchev–Trinajstić information content (AvgIpc) is 2.57. The Kier molecular flexibility index (Phi) is 6.16. The van der Waals surface area contributed by atoms with Gasteiger partial charge in [-0.1, -0.05) is 27.7 Å². The third kappa shape index (κ3) is 4.16. The average molecular weight is 398 g/mol. The summed E-state index contributed by atoms with van der Waals surface area (Å²) in [6.45, 7) is 14.9. The number of nitrogens with two attached hydrogens (primary N) is 1. The summed E-state index contributed by atoms with van der Waals surface area (Å²) in [4.78, 5) is 14.3. The highest BCUT2D eigenvalue weighted by Crippen LogP contribution is 2.58. The number of amides is 1. The van der Waals surface area contributed by atoms with E-state index in [4.69, 9.17) is 10.5 Å². The van der Waals surface area contributed by atoms with E-state index in [0.29, 0.717) is 29.3 Å². The number of methoxy groups -OCH3 is 1. The minimum atomic E-state index is -0.162. The molecule has 6 heteroatoms. The highest BCUT2D eigenvalue weighted by molar-refractivity contribution is 7.54. The molecule has 0 aromatic rings. The molecule has 2 N–H and O–H groups in total. The van der Waals surface area contributed by atoms with Crippen molar-refractivity contribution in [3.63, 3.8) is 0 Å². The van der Waals surface area contributed by atoms with Gasteiger partial charge in [-0.25, -0.2) is 4.79 Å². The van der Waals surface area contributed by atoms with Crippen LogP contribution in [0.25, 0.3) is 0 Å². The maximum atomic E-state index is 12.3. The van der Waals surface area contributed by atoms with Crippen LogP contribution in [-0.2, 0) is 4.74 Å². The maximum Gasteiger partial charge on any atom is 0.409 e. The predicted octanol–water partition coefficient (Wildman–Crippen LogP) is 3.97. The molecule has 1 amide bonds. The van der Waals surface area contributed by atoms with Crippen LogP contribution in [0.3, 0.4) is 0 Å². The van der Waals surface area contributed by atoms with E-state index in [2.05, 4.69) is 39.0 Å². The third-order valence-corrected chi connectivity index (χ3v) is 9.98. The summed E-state index contributed by atoms with van der Waals surface area (Å²) in [6.07, 6.45) is 5.77. The number of likely N-dealkylation sites (tertiary alicyclic amines) is 1. The van der Waals surface area contributed by atoms with E-state index in [0.717, 1.165) is 32.2 Å². The van der Waals surface area contributed by atoms with Crippen molar-refractivity contribution in [1.29, 1.82) is 0 Å². The van der Waals surface area contributed by atoms with Crippen molar-refractivity contribution in [2.45, 2.75) is 65.5 Å². The lowest BCUT2D eigenvalue weighted by molar-refractivity contribution is -0.0719. The largest absolute Gasteiger partial charge is 0.453 e.